The van der Waals surface area contributed by atoms with Gasteiger partial charge >= 0.3 is 5.97 Å². The summed E-state index contributed by atoms with van der Waals surface area (Å²) in [5, 5.41) is 6.97. The molecule has 0 aliphatic rings. The predicted molar refractivity (Wildman–Crippen MR) is 72.8 cm³/mol. The molecule has 0 aliphatic heterocycles. The summed E-state index contributed by atoms with van der Waals surface area (Å²) in [6, 6.07) is 6.96. The lowest BCUT2D eigenvalue weighted by Gasteiger charge is -2.28. The van der Waals surface area contributed by atoms with Crippen LogP contribution in [-0.4, -0.2) is 26.2 Å². The van der Waals surface area contributed by atoms with Crippen molar-refractivity contribution in [2.24, 2.45) is 5.11 Å². The third kappa shape index (κ3) is 3.86. The number of esters is 1. The molecule has 1 aromatic rings. The Kier molecular flexibility index (Phi) is 5.63. The molecule has 0 saturated heterocycles. The summed E-state index contributed by atoms with van der Waals surface area (Å²) in [4.78, 5) is 14.6. The van der Waals surface area contributed by atoms with Gasteiger partial charge in [-0.2, -0.15) is 0 Å². The molecule has 0 spiro atoms. The number of hydrogen-bond donors (Lipinski definition) is 1. The minimum atomic E-state index is -1.04. The normalized spacial score (nSPS) is 13.2. The highest BCUT2D eigenvalue weighted by Gasteiger charge is 2.35. The number of carbonyl (C=O) groups is 1. The highest BCUT2D eigenvalue weighted by Crippen LogP contribution is 2.24. The molecular weight excluding hydrogens is 268 g/mol. The van der Waals surface area contributed by atoms with Crippen molar-refractivity contribution < 1.29 is 9.53 Å². The number of rotatable bonds is 6. The van der Waals surface area contributed by atoms with Crippen LogP contribution >= 0.6 is 11.6 Å². The van der Waals surface area contributed by atoms with Crippen molar-refractivity contribution in [3.8, 4) is 0 Å². The zero-order valence-corrected chi connectivity index (χ0v) is 11.5. The number of halogens is 1. The molecule has 1 rings (SSSR count). The smallest absolute Gasteiger partial charge is 0.330 e. The van der Waals surface area contributed by atoms with Crippen molar-refractivity contribution in [3.63, 3.8) is 0 Å². The maximum Gasteiger partial charge on any atom is 0.330 e. The summed E-state index contributed by atoms with van der Waals surface area (Å²) < 4.78 is 4.82. The van der Waals surface area contributed by atoms with Crippen LogP contribution in [0.5, 0.6) is 0 Å². The summed E-state index contributed by atoms with van der Waals surface area (Å²) in [5.74, 6) is -0.435. The summed E-state index contributed by atoms with van der Waals surface area (Å²) in [6.07, 6.45) is 0. The van der Waals surface area contributed by atoms with Crippen molar-refractivity contribution in [3.05, 3.63) is 45.3 Å². The minimum Gasteiger partial charge on any atom is -0.467 e. The van der Waals surface area contributed by atoms with E-state index in [2.05, 4.69) is 15.3 Å². The fourth-order valence-corrected chi connectivity index (χ4v) is 1.89. The Morgan fingerprint density at radius 1 is 1.63 bits per heavy atom. The fraction of sp³-hybridized carbons (Fsp3) is 0.417. The van der Waals surface area contributed by atoms with E-state index >= 15 is 0 Å². The van der Waals surface area contributed by atoms with Crippen LogP contribution in [0.15, 0.2) is 29.4 Å². The Bertz CT molecular complexity index is 502. The van der Waals surface area contributed by atoms with Crippen LogP contribution in [0.3, 0.4) is 0 Å². The zero-order chi connectivity index (χ0) is 14.3. The molecule has 7 heteroatoms. The Balaban J connectivity index is 2.98. The van der Waals surface area contributed by atoms with Gasteiger partial charge in [0.15, 0.2) is 0 Å². The zero-order valence-electron chi connectivity index (χ0n) is 10.8. The number of ether oxygens (including phenoxy) is 1. The van der Waals surface area contributed by atoms with Gasteiger partial charge in [-0.1, -0.05) is 28.8 Å². The summed E-state index contributed by atoms with van der Waals surface area (Å²) >= 11 is 5.94. The van der Waals surface area contributed by atoms with Gasteiger partial charge in [-0.3, -0.25) is 5.32 Å². The molecule has 0 aromatic heterocycles. The maximum atomic E-state index is 12.0. The van der Waals surface area contributed by atoms with Crippen molar-refractivity contribution in [1.82, 2.24) is 5.32 Å². The molecule has 1 unspecified atom stereocenters. The Hall–Kier alpha value is -1.75. The quantitative estimate of drug-likeness (QED) is 0.286. The number of azide groups is 1. The van der Waals surface area contributed by atoms with Crippen molar-refractivity contribution in [2.75, 3.05) is 20.2 Å². The van der Waals surface area contributed by atoms with Crippen LogP contribution in [-0.2, 0) is 15.1 Å². The number of methoxy groups -OCH3 is 1. The lowest BCUT2D eigenvalue weighted by atomic mass is 9.92. The van der Waals surface area contributed by atoms with Gasteiger partial charge in [-0.25, -0.2) is 4.79 Å². The van der Waals surface area contributed by atoms with Gasteiger partial charge in [0.05, 0.1) is 7.11 Å². The van der Waals surface area contributed by atoms with E-state index in [4.69, 9.17) is 21.9 Å². The van der Waals surface area contributed by atoms with Gasteiger partial charge in [0.25, 0.3) is 0 Å². The largest absolute Gasteiger partial charge is 0.467 e. The van der Waals surface area contributed by atoms with Crippen LogP contribution in [0.25, 0.3) is 10.4 Å². The van der Waals surface area contributed by atoms with Gasteiger partial charge in [-0.15, -0.1) is 0 Å². The first kappa shape index (κ1) is 15.3. The summed E-state index contributed by atoms with van der Waals surface area (Å²) in [5.41, 5.74) is 7.88. The Labute approximate surface area is 116 Å². The standard InChI is InChI=1S/C12H15ClN4O2/c1-12(11(18)19-2,15-6-7-16-17-14)9-4-3-5-10(13)8-9/h3-5,8,15H,6-7H2,1-2H3. The molecule has 0 amide bonds. The monoisotopic (exact) mass is 282 g/mol. The minimum absolute atomic E-state index is 0.240. The van der Waals surface area contributed by atoms with Crippen molar-refractivity contribution in [2.45, 2.75) is 12.5 Å². The lowest BCUT2D eigenvalue weighted by molar-refractivity contribution is -0.148. The molecule has 1 aromatic carbocycles. The summed E-state index contributed by atoms with van der Waals surface area (Å²) in [6.45, 7) is 2.28. The third-order valence-corrected chi connectivity index (χ3v) is 2.98. The lowest BCUT2D eigenvalue weighted by Crippen LogP contribution is -2.48. The van der Waals surface area contributed by atoms with Gasteiger partial charge in [0, 0.05) is 23.0 Å². The van der Waals surface area contributed by atoms with E-state index in [1.54, 1.807) is 31.2 Å². The van der Waals surface area contributed by atoms with E-state index in [1.165, 1.54) is 7.11 Å². The van der Waals surface area contributed by atoms with Gasteiger partial charge in [-0.05, 0) is 30.2 Å². The molecule has 0 radical (unpaired) electrons. The second-order valence-electron chi connectivity index (χ2n) is 4.01. The van der Waals surface area contributed by atoms with Crippen LogP contribution in [0.2, 0.25) is 5.02 Å². The third-order valence-electron chi connectivity index (χ3n) is 2.75. The van der Waals surface area contributed by atoms with Crippen molar-refractivity contribution >= 4 is 17.6 Å². The maximum absolute atomic E-state index is 12.0. The molecular formula is C12H15ClN4O2. The van der Waals surface area contributed by atoms with Crippen LogP contribution in [0, 0.1) is 0 Å². The average molecular weight is 283 g/mol. The molecule has 0 bridgehead atoms. The fourth-order valence-electron chi connectivity index (χ4n) is 1.70. The highest BCUT2D eigenvalue weighted by molar-refractivity contribution is 6.30. The van der Waals surface area contributed by atoms with Crippen LogP contribution in [0.1, 0.15) is 12.5 Å². The number of hydrogen-bond acceptors (Lipinski definition) is 4. The van der Waals surface area contributed by atoms with Gasteiger partial charge < -0.3 is 4.74 Å². The van der Waals surface area contributed by atoms with E-state index in [9.17, 15) is 4.79 Å². The molecule has 19 heavy (non-hydrogen) atoms. The number of carbonyl (C=O) groups excluding carboxylic acids is 1. The average Bonchev–Trinajstić information content (AvgIpc) is 2.42. The molecule has 1 atom stereocenters. The van der Waals surface area contributed by atoms with Crippen molar-refractivity contribution in [1.29, 1.82) is 0 Å². The second kappa shape index (κ2) is 6.99. The van der Waals surface area contributed by atoms with Crippen LogP contribution < -0.4 is 5.32 Å². The van der Waals surface area contributed by atoms with E-state index < -0.39 is 11.5 Å². The van der Waals surface area contributed by atoms with E-state index in [0.29, 0.717) is 17.1 Å². The number of nitrogens with zero attached hydrogens (tertiary/aromatic N) is 3. The Morgan fingerprint density at radius 3 is 2.95 bits per heavy atom. The number of benzene rings is 1. The van der Waals surface area contributed by atoms with E-state index in [0.717, 1.165) is 0 Å². The SMILES string of the molecule is COC(=O)C(C)(NCCN=[N+]=[N-])c1cccc(Cl)c1. The van der Waals surface area contributed by atoms with Crippen LogP contribution in [0.4, 0.5) is 0 Å². The molecule has 0 fully saturated rings. The first-order chi connectivity index (χ1) is 9.04. The first-order valence-electron chi connectivity index (χ1n) is 5.65. The molecule has 0 aliphatic carbocycles. The molecule has 6 nitrogen and oxygen atoms in total. The molecule has 0 heterocycles. The van der Waals surface area contributed by atoms with Gasteiger partial charge in [0.1, 0.15) is 5.54 Å². The molecule has 102 valence electrons. The Morgan fingerprint density at radius 2 is 2.37 bits per heavy atom. The summed E-state index contributed by atoms with van der Waals surface area (Å²) in [7, 11) is 1.32. The van der Waals surface area contributed by atoms with Gasteiger partial charge in [0.2, 0.25) is 0 Å². The molecule has 0 saturated carbocycles. The second-order valence-corrected chi connectivity index (χ2v) is 4.44. The molecule has 1 N–H and O–H groups in total. The topological polar surface area (TPSA) is 87.1 Å². The highest BCUT2D eigenvalue weighted by atomic mass is 35.5. The first-order valence-corrected chi connectivity index (χ1v) is 6.02. The number of nitrogens with one attached hydrogen (secondary N) is 1. The van der Waals surface area contributed by atoms with E-state index in [1.807, 2.05) is 0 Å². The van der Waals surface area contributed by atoms with E-state index in [-0.39, 0.29) is 6.54 Å². The predicted octanol–water partition coefficient (Wildman–Crippen LogP) is 2.63.